The quantitative estimate of drug-likeness (QED) is 0.835. The van der Waals surface area contributed by atoms with Gasteiger partial charge in [-0.05, 0) is 18.9 Å². The second kappa shape index (κ2) is 5.93. The maximum atomic E-state index is 13.4. The first-order valence-electron chi connectivity index (χ1n) is 6.96. The fourth-order valence-electron chi connectivity index (χ4n) is 2.65. The van der Waals surface area contributed by atoms with E-state index in [9.17, 15) is 31.9 Å². The summed E-state index contributed by atoms with van der Waals surface area (Å²) in [6.07, 6.45) is -4.90. The van der Waals surface area contributed by atoms with E-state index in [1.54, 1.807) is 0 Å². The van der Waals surface area contributed by atoms with Crippen molar-refractivity contribution in [3.63, 3.8) is 0 Å². The molecule has 0 aliphatic carbocycles. The summed E-state index contributed by atoms with van der Waals surface area (Å²) >= 11 is 0. The summed E-state index contributed by atoms with van der Waals surface area (Å²) in [5.41, 5.74) is -2.20. The predicted molar refractivity (Wildman–Crippen MR) is 71.9 cm³/mol. The van der Waals surface area contributed by atoms with Crippen molar-refractivity contribution in [3.8, 4) is 0 Å². The van der Waals surface area contributed by atoms with Crippen LogP contribution < -0.4 is 4.90 Å². The first kappa shape index (κ1) is 17.4. The zero-order valence-corrected chi connectivity index (χ0v) is 12.3. The Morgan fingerprint density at radius 3 is 2.52 bits per heavy atom. The summed E-state index contributed by atoms with van der Waals surface area (Å²) in [4.78, 5) is 16.3. The minimum atomic E-state index is -4.73. The molecule has 128 valence electrons. The lowest BCUT2D eigenvalue weighted by Gasteiger charge is -2.25. The maximum absolute atomic E-state index is 13.4. The molecule has 0 bridgehead atoms. The third kappa shape index (κ3) is 3.70. The highest BCUT2D eigenvalue weighted by molar-refractivity contribution is 5.95. The second-order valence-electron chi connectivity index (χ2n) is 5.49. The molecule has 0 radical (unpaired) electrons. The van der Waals surface area contributed by atoms with E-state index in [4.69, 9.17) is 0 Å². The monoisotopic (exact) mass is 338 g/mol. The Bertz CT molecular complexity index is 616. The van der Waals surface area contributed by atoms with Gasteiger partial charge < -0.3 is 10.0 Å². The second-order valence-corrected chi connectivity index (χ2v) is 5.49. The van der Waals surface area contributed by atoms with Gasteiger partial charge in [-0.15, -0.1) is 0 Å². The topological polar surface area (TPSA) is 53.4 Å². The first-order chi connectivity index (χ1) is 10.5. The molecule has 1 saturated heterocycles. The lowest BCUT2D eigenvalue weighted by molar-refractivity contribution is -0.138. The van der Waals surface area contributed by atoms with Gasteiger partial charge in [-0.25, -0.2) is 18.6 Å². The molecule has 1 N–H and O–H groups in total. The van der Waals surface area contributed by atoms with E-state index in [0.717, 1.165) is 6.92 Å². The number of aromatic carboxylic acids is 1. The van der Waals surface area contributed by atoms with Crippen LogP contribution in [0.25, 0.3) is 0 Å². The van der Waals surface area contributed by atoms with Crippen LogP contribution in [-0.4, -0.2) is 35.1 Å². The molecule has 1 aromatic rings. The summed E-state index contributed by atoms with van der Waals surface area (Å²) in [5, 5.41) is 9.26. The highest BCUT2D eigenvalue weighted by Gasteiger charge is 2.37. The number of carboxylic acids is 1. The number of aromatic nitrogens is 1. The average Bonchev–Trinajstić information content (AvgIpc) is 2.57. The molecule has 4 nitrogen and oxygen atoms in total. The molecule has 23 heavy (non-hydrogen) atoms. The zero-order valence-electron chi connectivity index (χ0n) is 12.3. The van der Waals surface area contributed by atoms with Gasteiger partial charge in [0.05, 0.1) is 5.56 Å². The number of hydrogen-bond acceptors (Lipinski definition) is 3. The lowest BCUT2D eigenvalue weighted by atomic mass is 10.0. The first-order valence-corrected chi connectivity index (χ1v) is 6.96. The van der Waals surface area contributed by atoms with Crippen LogP contribution in [0.2, 0.25) is 0 Å². The van der Waals surface area contributed by atoms with Gasteiger partial charge in [0.15, 0.2) is 0 Å². The molecule has 0 aromatic carbocycles. The van der Waals surface area contributed by atoms with Crippen LogP contribution in [0.1, 0.15) is 40.7 Å². The lowest BCUT2D eigenvalue weighted by Crippen LogP contribution is -2.29. The Kier molecular flexibility index (Phi) is 4.50. The molecule has 0 spiro atoms. The maximum Gasteiger partial charge on any atom is 0.418 e. The van der Waals surface area contributed by atoms with Crippen LogP contribution >= 0.6 is 0 Å². The minimum Gasteiger partial charge on any atom is -0.478 e. The number of halogens is 5. The molecule has 2 heterocycles. The van der Waals surface area contributed by atoms with Crippen molar-refractivity contribution in [3.05, 3.63) is 22.9 Å². The SMILES string of the molecule is Cc1c(C(F)(F)F)cnc(N2CCCC(F)(F)CC2)c1C(=O)O. The fourth-order valence-corrected chi connectivity index (χ4v) is 2.65. The van der Waals surface area contributed by atoms with Gasteiger partial charge in [-0.2, -0.15) is 13.2 Å². The number of carbonyl (C=O) groups is 1. The standard InChI is InChI=1S/C14H15F5N2O2/c1-8-9(14(17,18)19)7-20-11(10(8)12(22)23)21-5-2-3-13(15,16)4-6-21/h7H,2-6H2,1H3,(H,22,23). The van der Waals surface area contributed by atoms with Gasteiger partial charge in [0.1, 0.15) is 11.4 Å². The average molecular weight is 338 g/mol. The molecule has 9 heteroatoms. The van der Waals surface area contributed by atoms with Gasteiger partial charge in [0, 0.05) is 32.1 Å². The van der Waals surface area contributed by atoms with Crippen molar-refractivity contribution < 1.29 is 31.9 Å². The van der Waals surface area contributed by atoms with Crippen molar-refractivity contribution >= 4 is 11.8 Å². The predicted octanol–water partition coefficient (Wildman–Crippen LogP) is 3.73. The molecule has 0 unspecified atom stereocenters. The van der Waals surface area contributed by atoms with E-state index in [-0.39, 0.29) is 31.7 Å². The van der Waals surface area contributed by atoms with Crippen molar-refractivity contribution in [2.75, 3.05) is 18.0 Å². The van der Waals surface area contributed by atoms with Crippen LogP contribution in [0.5, 0.6) is 0 Å². The molecule has 1 fully saturated rings. The summed E-state index contributed by atoms with van der Waals surface area (Å²) in [6, 6.07) is 0. The molecule has 2 rings (SSSR count). The Hall–Kier alpha value is -1.93. The molecule has 0 saturated carbocycles. The number of rotatable bonds is 2. The molecular weight excluding hydrogens is 323 g/mol. The van der Waals surface area contributed by atoms with Gasteiger partial charge >= 0.3 is 12.1 Å². The van der Waals surface area contributed by atoms with Gasteiger partial charge in [0.2, 0.25) is 5.92 Å². The van der Waals surface area contributed by atoms with Crippen LogP contribution in [-0.2, 0) is 6.18 Å². The van der Waals surface area contributed by atoms with Crippen molar-refractivity contribution in [2.45, 2.75) is 38.3 Å². The van der Waals surface area contributed by atoms with E-state index < -0.39 is 41.2 Å². The van der Waals surface area contributed by atoms with Crippen molar-refractivity contribution in [1.82, 2.24) is 4.98 Å². The van der Waals surface area contributed by atoms with Gasteiger partial charge in [-0.3, -0.25) is 0 Å². The van der Waals surface area contributed by atoms with E-state index in [1.165, 1.54) is 4.90 Å². The number of nitrogens with zero attached hydrogens (tertiary/aromatic N) is 2. The van der Waals surface area contributed by atoms with E-state index in [0.29, 0.717) is 6.20 Å². The largest absolute Gasteiger partial charge is 0.478 e. The summed E-state index contributed by atoms with van der Waals surface area (Å²) in [6.45, 7) is 1.00. The van der Waals surface area contributed by atoms with E-state index >= 15 is 0 Å². The van der Waals surface area contributed by atoms with Gasteiger partial charge in [0.25, 0.3) is 0 Å². The fraction of sp³-hybridized carbons (Fsp3) is 0.571. The number of carboxylic acid groups (broad SMARTS) is 1. The normalized spacial score (nSPS) is 18.6. The van der Waals surface area contributed by atoms with Crippen molar-refractivity contribution in [2.24, 2.45) is 0 Å². The van der Waals surface area contributed by atoms with Crippen LogP contribution in [0.4, 0.5) is 27.8 Å². The van der Waals surface area contributed by atoms with Crippen LogP contribution in [0.3, 0.4) is 0 Å². The summed E-state index contributed by atoms with van der Waals surface area (Å²) in [5.74, 6) is -4.62. The summed E-state index contributed by atoms with van der Waals surface area (Å²) < 4.78 is 65.5. The number of anilines is 1. The number of alkyl halides is 5. The zero-order chi connectivity index (χ0) is 17.4. The highest BCUT2D eigenvalue weighted by Crippen LogP contribution is 2.36. The van der Waals surface area contributed by atoms with E-state index in [1.807, 2.05) is 0 Å². The number of pyridine rings is 1. The Morgan fingerprint density at radius 2 is 1.96 bits per heavy atom. The highest BCUT2D eigenvalue weighted by atomic mass is 19.4. The third-order valence-electron chi connectivity index (χ3n) is 3.86. The molecule has 1 aromatic heterocycles. The molecular formula is C14H15F5N2O2. The Balaban J connectivity index is 2.47. The van der Waals surface area contributed by atoms with E-state index in [2.05, 4.69) is 4.98 Å². The Labute approximate surface area is 128 Å². The Morgan fingerprint density at radius 1 is 1.30 bits per heavy atom. The van der Waals surface area contributed by atoms with Crippen molar-refractivity contribution in [1.29, 1.82) is 0 Å². The molecule has 0 atom stereocenters. The van der Waals surface area contributed by atoms with Crippen LogP contribution in [0, 0.1) is 6.92 Å². The minimum absolute atomic E-state index is 0.105. The van der Waals surface area contributed by atoms with Gasteiger partial charge in [-0.1, -0.05) is 0 Å². The van der Waals surface area contributed by atoms with Crippen LogP contribution in [0.15, 0.2) is 6.20 Å². The molecule has 0 amide bonds. The third-order valence-corrected chi connectivity index (χ3v) is 3.86. The summed E-state index contributed by atoms with van der Waals surface area (Å²) in [7, 11) is 0. The molecule has 1 aliphatic rings. The smallest absolute Gasteiger partial charge is 0.418 e. The molecule has 1 aliphatic heterocycles. The number of hydrogen-bond donors (Lipinski definition) is 1.